The summed E-state index contributed by atoms with van der Waals surface area (Å²) in [6, 6.07) is 18.4. The summed E-state index contributed by atoms with van der Waals surface area (Å²) >= 11 is 6.50. The van der Waals surface area contributed by atoms with Crippen LogP contribution in [0.3, 0.4) is 0 Å². The van der Waals surface area contributed by atoms with Gasteiger partial charge in [-0.2, -0.15) is 0 Å². The van der Waals surface area contributed by atoms with E-state index in [4.69, 9.17) is 16.3 Å². The lowest BCUT2D eigenvalue weighted by atomic mass is 9.95. The number of para-hydroxylation sites is 1. The zero-order valence-corrected chi connectivity index (χ0v) is 27.2. The number of nitrogens with zero attached hydrogens (tertiary/aromatic N) is 1. The first kappa shape index (κ1) is 33.7. The molecule has 2 N–H and O–H groups in total. The second kappa shape index (κ2) is 14.6. The molecule has 0 aliphatic rings. The first-order valence-electron chi connectivity index (χ1n) is 14.7. The lowest BCUT2D eigenvalue weighted by Gasteiger charge is -2.38. The molecule has 0 spiro atoms. The van der Waals surface area contributed by atoms with Gasteiger partial charge in [0.1, 0.15) is 17.7 Å². The predicted molar refractivity (Wildman–Crippen MR) is 173 cm³/mol. The SMILES string of the molecule is CCC(C)N(C(=O)C(Cc1ccccc1)NC(=O)OC(C)(C)C)C(C(=O)Nc1c(C)cccc1Cl)c1cc(C)cc(C)c1. The Kier molecular flexibility index (Phi) is 11.4. The molecular weight excluding hydrogens is 562 g/mol. The number of carbonyl (C=O) groups excluding carboxylic acids is 3. The van der Waals surface area contributed by atoms with Crippen LogP contribution in [0.25, 0.3) is 0 Å². The highest BCUT2D eigenvalue weighted by Gasteiger charge is 2.39. The van der Waals surface area contributed by atoms with Crippen molar-refractivity contribution in [1.82, 2.24) is 10.2 Å². The lowest BCUT2D eigenvalue weighted by Crippen LogP contribution is -2.55. The van der Waals surface area contributed by atoms with Crippen molar-refractivity contribution in [3.63, 3.8) is 0 Å². The second-order valence-electron chi connectivity index (χ2n) is 12.1. The van der Waals surface area contributed by atoms with E-state index in [1.54, 1.807) is 31.7 Å². The van der Waals surface area contributed by atoms with Crippen molar-refractivity contribution in [2.45, 2.75) is 92.0 Å². The quantitative estimate of drug-likeness (QED) is 0.248. The van der Waals surface area contributed by atoms with Gasteiger partial charge in [-0.25, -0.2) is 4.79 Å². The van der Waals surface area contributed by atoms with Crippen molar-refractivity contribution in [2.24, 2.45) is 0 Å². The molecule has 0 saturated heterocycles. The van der Waals surface area contributed by atoms with Gasteiger partial charge in [0, 0.05) is 12.5 Å². The van der Waals surface area contributed by atoms with Gasteiger partial charge in [-0.1, -0.05) is 90.3 Å². The molecule has 0 aliphatic carbocycles. The fraction of sp³-hybridized carbons (Fsp3) is 0.400. The Morgan fingerprint density at radius 1 is 0.930 bits per heavy atom. The van der Waals surface area contributed by atoms with Gasteiger partial charge in [0.25, 0.3) is 5.91 Å². The highest BCUT2D eigenvalue weighted by atomic mass is 35.5. The molecule has 3 rings (SSSR count). The summed E-state index contributed by atoms with van der Waals surface area (Å²) in [5, 5.41) is 6.23. The molecule has 3 aromatic carbocycles. The van der Waals surface area contributed by atoms with Crippen LogP contribution in [-0.2, 0) is 20.7 Å². The molecule has 3 amide bonds. The molecule has 43 heavy (non-hydrogen) atoms. The Morgan fingerprint density at radius 3 is 2.12 bits per heavy atom. The molecule has 230 valence electrons. The maximum Gasteiger partial charge on any atom is 0.408 e. The van der Waals surface area contributed by atoms with Crippen molar-refractivity contribution < 1.29 is 19.1 Å². The fourth-order valence-corrected chi connectivity index (χ4v) is 5.33. The van der Waals surface area contributed by atoms with E-state index in [0.717, 1.165) is 22.3 Å². The standard InChI is InChI=1S/C35H44ClN3O4/c1-9-25(5)39(33(41)29(21-26-15-11-10-12-16-26)37-34(42)43-35(6,7)8)31(27-19-22(2)18-23(3)20-27)32(40)38-30-24(4)14-13-17-28(30)36/h10-20,25,29,31H,9,21H2,1-8H3,(H,37,42)(H,38,40). The number of alkyl carbamates (subject to hydrolysis) is 1. The molecule has 3 aromatic rings. The van der Waals surface area contributed by atoms with Gasteiger partial charge in [0.05, 0.1) is 10.7 Å². The van der Waals surface area contributed by atoms with E-state index in [2.05, 4.69) is 10.6 Å². The lowest BCUT2D eigenvalue weighted by molar-refractivity contribution is -0.143. The van der Waals surface area contributed by atoms with Crippen molar-refractivity contribution in [3.8, 4) is 0 Å². The van der Waals surface area contributed by atoms with Crippen LogP contribution in [0, 0.1) is 20.8 Å². The molecule has 0 heterocycles. The highest BCUT2D eigenvalue weighted by molar-refractivity contribution is 6.34. The molecule has 0 bridgehead atoms. The molecule has 3 atom stereocenters. The van der Waals surface area contributed by atoms with E-state index in [1.165, 1.54) is 0 Å². The summed E-state index contributed by atoms with van der Waals surface area (Å²) < 4.78 is 5.54. The highest BCUT2D eigenvalue weighted by Crippen LogP contribution is 2.32. The van der Waals surface area contributed by atoms with Crippen molar-refractivity contribution in [2.75, 3.05) is 5.32 Å². The van der Waals surface area contributed by atoms with Crippen LogP contribution in [-0.4, -0.2) is 40.5 Å². The zero-order valence-electron chi connectivity index (χ0n) is 26.5. The van der Waals surface area contributed by atoms with Crippen LogP contribution in [0.15, 0.2) is 66.7 Å². The Labute approximate surface area is 261 Å². The maximum atomic E-state index is 14.7. The van der Waals surface area contributed by atoms with E-state index >= 15 is 0 Å². The van der Waals surface area contributed by atoms with Gasteiger partial charge in [0.2, 0.25) is 5.91 Å². The number of benzene rings is 3. The topological polar surface area (TPSA) is 87.7 Å². The Balaban J connectivity index is 2.15. The van der Waals surface area contributed by atoms with Gasteiger partial charge >= 0.3 is 6.09 Å². The Bertz CT molecular complexity index is 1390. The van der Waals surface area contributed by atoms with E-state index in [-0.39, 0.29) is 18.4 Å². The third-order valence-corrected chi connectivity index (χ3v) is 7.46. The molecular formula is C35H44ClN3O4. The minimum atomic E-state index is -1.00. The molecule has 7 nitrogen and oxygen atoms in total. The van der Waals surface area contributed by atoms with Crippen LogP contribution in [0.1, 0.15) is 74.9 Å². The number of nitrogens with one attached hydrogen (secondary N) is 2. The number of ether oxygens (including phenoxy) is 1. The summed E-state index contributed by atoms with van der Waals surface area (Å²) in [6.07, 6.45) is 0.0945. The smallest absolute Gasteiger partial charge is 0.408 e. The summed E-state index contributed by atoms with van der Waals surface area (Å²) in [5.74, 6) is -0.787. The number of amides is 3. The largest absolute Gasteiger partial charge is 0.444 e. The van der Waals surface area contributed by atoms with Crippen LogP contribution in [0.4, 0.5) is 10.5 Å². The van der Waals surface area contributed by atoms with Gasteiger partial charge < -0.3 is 20.3 Å². The van der Waals surface area contributed by atoms with Gasteiger partial charge in [-0.3, -0.25) is 9.59 Å². The number of rotatable bonds is 10. The van der Waals surface area contributed by atoms with Crippen LogP contribution < -0.4 is 10.6 Å². The summed E-state index contributed by atoms with van der Waals surface area (Å²) in [4.78, 5) is 43.6. The maximum absolute atomic E-state index is 14.7. The van der Waals surface area contributed by atoms with Crippen LogP contribution >= 0.6 is 11.6 Å². The number of aryl methyl sites for hydroxylation is 3. The normalized spacial score (nSPS) is 13.4. The van der Waals surface area contributed by atoms with E-state index in [9.17, 15) is 14.4 Å². The third kappa shape index (κ3) is 9.32. The fourth-order valence-electron chi connectivity index (χ4n) is 5.06. The predicted octanol–water partition coefficient (Wildman–Crippen LogP) is 7.71. The molecule has 0 radical (unpaired) electrons. The number of halogens is 1. The van der Waals surface area contributed by atoms with Crippen LogP contribution in [0.5, 0.6) is 0 Å². The van der Waals surface area contributed by atoms with Gasteiger partial charge in [0.15, 0.2) is 0 Å². The molecule has 0 aromatic heterocycles. The zero-order chi connectivity index (χ0) is 31.9. The van der Waals surface area contributed by atoms with Crippen molar-refractivity contribution in [3.05, 3.63) is 99.6 Å². The van der Waals surface area contributed by atoms with Crippen LogP contribution in [0.2, 0.25) is 5.02 Å². The molecule has 8 heteroatoms. The number of anilines is 1. The molecule has 0 aliphatic heterocycles. The minimum Gasteiger partial charge on any atom is -0.444 e. The molecule has 3 unspecified atom stereocenters. The monoisotopic (exact) mass is 605 g/mol. The van der Waals surface area contributed by atoms with Gasteiger partial charge in [-0.15, -0.1) is 0 Å². The van der Waals surface area contributed by atoms with E-state index in [0.29, 0.717) is 22.7 Å². The first-order valence-corrected chi connectivity index (χ1v) is 15.1. The Hall–Kier alpha value is -3.84. The minimum absolute atomic E-state index is 0.219. The summed E-state index contributed by atoms with van der Waals surface area (Å²) in [7, 11) is 0. The number of hydrogen-bond acceptors (Lipinski definition) is 4. The van der Waals surface area contributed by atoms with E-state index in [1.807, 2.05) is 95.3 Å². The second-order valence-corrected chi connectivity index (χ2v) is 12.5. The van der Waals surface area contributed by atoms with Crippen molar-refractivity contribution >= 4 is 35.2 Å². The summed E-state index contributed by atoms with van der Waals surface area (Å²) in [5.41, 5.74) is 4.00. The average molecular weight is 606 g/mol. The number of hydrogen-bond donors (Lipinski definition) is 2. The average Bonchev–Trinajstić information content (AvgIpc) is 2.91. The third-order valence-electron chi connectivity index (χ3n) is 7.15. The molecule has 0 fully saturated rings. The van der Waals surface area contributed by atoms with Gasteiger partial charge in [-0.05, 0) is 77.6 Å². The summed E-state index contributed by atoms with van der Waals surface area (Å²) in [6.45, 7) is 15.0. The molecule has 0 saturated carbocycles. The number of carbonyl (C=O) groups is 3. The van der Waals surface area contributed by atoms with Crippen molar-refractivity contribution in [1.29, 1.82) is 0 Å². The van der Waals surface area contributed by atoms with E-state index < -0.39 is 29.7 Å². The first-order chi connectivity index (χ1) is 20.2. The Morgan fingerprint density at radius 2 is 1.56 bits per heavy atom.